The fourth-order valence-corrected chi connectivity index (χ4v) is 3.25. The third-order valence-corrected chi connectivity index (χ3v) is 4.58. The first-order valence-corrected chi connectivity index (χ1v) is 8.72. The van der Waals surface area contributed by atoms with Crippen LogP contribution in [0.15, 0.2) is 41.5 Å². The molecule has 0 aliphatic carbocycles. The summed E-state index contributed by atoms with van der Waals surface area (Å²) < 4.78 is 8.45. The molecule has 0 spiro atoms. The van der Waals surface area contributed by atoms with Crippen LogP contribution in [0, 0.1) is 5.92 Å². The molecule has 3 aromatic rings. The molecule has 0 saturated carbocycles. The highest BCUT2D eigenvalue weighted by atomic mass is 79.9. The smallest absolute Gasteiger partial charge is 0.316 e. The first-order chi connectivity index (χ1) is 11.8. The first-order valence-electron chi connectivity index (χ1n) is 7.93. The number of fused-ring (bicyclic) bond motifs is 1. The molecular weight excluding hydrogens is 372 g/mol. The SMILES string of the molecule is Brc1cnc(OCC2CCCN(c3nccn4nccc34)C2)nc1. The van der Waals surface area contributed by atoms with E-state index in [4.69, 9.17) is 4.74 Å². The third-order valence-electron chi connectivity index (χ3n) is 4.17. The molecule has 1 unspecified atom stereocenters. The van der Waals surface area contributed by atoms with Crippen molar-refractivity contribution >= 4 is 27.3 Å². The van der Waals surface area contributed by atoms with Gasteiger partial charge in [-0.25, -0.2) is 19.5 Å². The molecule has 124 valence electrons. The molecule has 0 radical (unpaired) electrons. The van der Waals surface area contributed by atoms with Crippen molar-refractivity contribution in [3.05, 3.63) is 41.5 Å². The van der Waals surface area contributed by atoms with Crippen LogP contribution in [0.25, 0.3) is 5.52 Å². The van der Waals surface area contributed by atoms with Crippen LogP contribution in [0.4, 0.5) is 5.82 Å². The van der Waals surface area contributed by atoms with E-state index in [9.17, 15) is 0 Å². The van der Waals surface area contributed by atoms with E-state index in [-0.39, 0.29) is 0 Å². The number of rotatable bonds is 4. The van der Waals surface area contributed by atoms with E-state index in [2.05, 4.69) is 40.9 Å². The monoisotopic (exact) mass is 388 g/mol. The Hall–Kier alpha value is -2.22. The Morgan fingerprint density at radius 2 is 2.08 bits per heavy atom. The highest BCUT2D eigenvalue weighted by Gasteiger charge is 2.23. The summed E-state index contributed by atoms with van der Waals surface area (Å²) in [5, 5.41) is 4.28. The lowest BCUT2D eigenvalue weighted by molar-refractivity contribution is 0.214. The van der Waals surface area contributed by atoms with Gasteiger partial charge >= 0.3 is 6.01 Å². The number of ether oxygens (including phenoxy) is 1. The molecule has 1 saturated heterocycles. The lowest BCUT2D eigenvalue weighted by atomic mass is 9.99. The second-order valence-corrected chi connectivity index (χ2v) is 6.78. The molecule has 1 atom stereocenters. The van der Waals surface area contributed by atoms with Gasteiger partial charge in [0.25, 0.3) is 0 Å². The maximum absolute atomic E-state index is 5.75. The third kappa shape index (κ3) is 3.19. The second kappa shape index (κ2) is 6.72. The van der Waals surface area contributed by atoms with Crippen molar-refractivity contribution in [2.75, 3.05) is 24.6 Å². The van der Waals surface area contributed by atoms with Crippen LogP contribution >= 0.6 is 15.9 Å². The minimum Gasteiger partial charge on any atom is -0.463 e. The van der Waals surface area contributed by atoms with Crippen molar-refractivity contribution in [1.82, 2.24) is 24.6 Å². The topological polar surface area (TPSA) is 68.4 Å². The van der Waals surface area contributed by atoms with E-state index < -0.39 is 0 Å². The molecular formula is C16H17BrN6O. The summed E-state index contributed by atoms with van der Waals surface area (Å²) in [7, 11) is 0. The molecule has 0 aromatic carbocycles. The molecule has 4 heterocycles. The number of hydrogen-bond acceptors (Lipinski definition) is 6. The van der Waals surface area contributed by atoms with Gasteiger partial charge in [-0.3, -0.25) is 0 Å². The van der Waals surface area contributed by atoms with Crippen LogP contribution in [0.3, 0.4) is 0 Å². The molecule has 0 N–H and O–H groups in total. The minimum absolute atomic E-state index is 0.423. The number of halogens is 1. The van der Waals surface area contributed by atoms with Crippen LogP contribution in [0.5, 0.6) is 6.01 Å². The van der Waals surface area contributed by atoms with E-state index in [1.54, 1.807) is 24.8 Å². The molecule has 3 aromatic heterocycles. The number of anilines is 1. The normalized spacial score (nSPS) is 18.0. The van der Waals surface area contributed by atoms with Gasteiger partial charge in [0.15, 0.2) is 5.82 Å². The van der Waals surface area contributed by atoms with Gasteiger partial charge in [-0.15, -0.1) is 0 Å². The molecule has 1 fully saturated rings. The summed E-state index contributed by atoms with van der Waals surface area (Å²) >= 11 is 3.32. The summed E-state index contributed by atoms with van der Waals surface area (Å²) in [5.74, 6) is 1.41. The summed E-state index contributed by atoms with van der Waals surface area (Å²) in [6.07, 6.45) is 11.1. The molecule has 4 rings (SSSR count). The van der Waals surface area contributed by atoms with Crippen molar-refractivity contribution in [3.63, 3.8) is 0 Å². The van der Waals surface area contributed by atoms with Gasteiger partial charge in [-0.1, -0.05) is 0 Å². The van der Waals surface area contributed by atoms with Crippen molar-refractivity contribution in [2.45, 2.75) is 12.8 Å². The predicted molar refractivity (Wildman–Crippen MR) is 93.2 cm³/mol. The van der Waals surface area contributed by atoms with E-state index in [1.165, 1.54) is 0 Å². The Balaban J connectivity index is 1.44. The minimum atomic E-state index is 0.423. The summed E-state index contributed by atoms with van der Waals surface area (Å²) in [6.45, 7) is 2.53. The van der Waals surface area contributed by atoms with Crippen molar-refractivity contribution < 1.29 is 4.74 Å². The maximum atomic E-state index is 5.75. The van der Waals surface area contributed by atoms with E-state index in [0.29, 0.717) is 18.5 Å². The standard InChI is InChI=1S/C16H17BrN6O/c17-13-8-19-16(20-9-13)24-11-12-2-1-6-22(10-12)15-14-3-4-21-23(14)7-5-18-15/h3-5,7-9,12H,1-2,6,10-11H2. The van der Waals surface area contributed by atoms with Gasteiger partial charge in [0.2, 0.25) is 0 Å². The second-order valence-electron chi connectivity index (χ2n) is 5.86. The lowest BCUT2D eigenvalue weighted by Gasteiger charge is -2.33. The number of piperidine rings is 1. The Labute approximate surface area is 147 Å². The fourth-order valence-electron chi connectivity index (χ4n) is 3.05. The summed E-state index contributed by atoms with van der Waals surface area (Å²) in [4.78, 5) is 15.2. The molecule has 8 heteroatoms. The molecule has 24 heavy (non-hydrogen) atoms. The summed E-state index contributed by atoms with van der Waals surface area (Å²) in [5.41, 5.74) is 1.04. The van der Waals surface area contributed by atoms with E-state index in [1.807, 2.05) is 16.8 Å². The van der Waals surface area contributed by atoms with Gasteiger partial charge in [-0.2, -0.15) is 5.10 Å². The lowest BCUT2D eigenvalue weighted by Crippen LogP contribution is -2.38. The quantitative estimate of drug-likeness (QED) is 0.683. The summed E-state index contributed by atoms with van der Waals surface area (Å²) in [6, 6.07) is 2.42. The van der Waals surface area contributed by atoms with Crippen LogP contribution in [0.2, 0.25) is 0 Å². The highest BCUT2D eigenvalue weighted by molar-refractivity contribution is 9.10. The van der Waals surface area contributed by atoms with Gasteiger partial charge < -0.3 is 9.64 Å². The molecule has 1 aliphatic heterocycles. The molecule has 7 nitrogen and oxygen atoms in total. The number of nitrogens with zero attached hydrogens (tertiary/aromatic N) is 6. The largest absolute Gasteiger partial charge is 0.463 e. The van der Waals surface area contributed by atoms with Crippen LogP contribution in [0.1, 0.15) is 12.8 Å². The van der Waals surface area contributed by atoms with Gasteiger partial charge in [0.05, 0.1) is 17.3 Å². The predicted octanol–water partition coefficient (Wildman–Crippen LogP) is 2.58. The van der Waals surface area contributed by atoms with E-state index in [0.717, 1.165) is 41.7 Å². The van der Waals surface area contributed by atoms with Crippen molar-refractivity contribution in [2.24, 2.45) is 5.92 Å². The average Bonchev–Trinajstić information content (AvgIpc) is 3.10. The number of aromatic nitrogens is 5. The van der Waals surface area contributed by atoms with Crippen LogP contribution in [-0.2, 0) is 0 Å². The van der Waals surface area contributed by atoms with Crippen LogP contribution < -0.4 is 9.64 Å². The Kier molecular flexibility index (Phi) is 4.29. The van der Waals surface area contributed by atoms with Gasteiger partial charge in [0, 0.05) is 43.8 Å². The fraction of sp³-hybridized carbons (Fsp3) is 0.375. The van der Waals surface area contributed by atoms with Gasteiger partial charge in [0.1, 0.15) is 5.52 Å². The molecule has 0 amide bonds. The van der Waals surface area contributed by atoms with Gasteiger partial charge in [-0.05, 0) is 34.8 Å². The Morgan fingerprint density at radius 3 is 2.96 bits per heavy atom. The van der Waals surface area contributed by atoms with Crippen molar-refractivity contribution in [1.29, 1.82) is 0 Å². The zero-order valence-electron chi connectivity index (χ0n) is 13.0. The maximum Gasteiger partial charge on any atom is 0.316 e. The Morgan fingerprint density at radius 1 is 1.21 bits per heavy atom. The van der Waals surface area contributed by atoms with Crippen molar-refractivity contribution in [3.8, 4) is 6.01 Å². The van der Waals surface area contributed by atoms with Crippen LogP contribution in [-0.4, -0.2) is 44.3 Å². The van der Waals surface area contributed by atoms with E-state index >= 15 is 0 Å². The molecule has 1 aliphatic rings. The first kappa shape index (κ1) is 15.3. The molecule has 0 bridgehead atoms. The zero-order valence-corrected chi connectivity index (χ0v) is 14.6. The highest BCUT2D eigenvalue weighted by Crippen LogP contribution is 2.25. The number of hydrogen-bond donors (Lipinski definition) is 0. The Bertz CT molecular complexity index is 821. The average molecular weight is 389 g/mol. The zero-order chi connectivity index (χ0) is 16.4.